The van der Waals surface area contributed by atoms with E-state index in [4.69, 9.17) is 4.42 Å². The molecule has 24 heavy (non-hydrogen) atoms. The van der Waals surface area contributed by atoms with Crippen molar-refractivity contribution in [2.24, 2.45) is 0 Å². The van der Waals surface area contributed by atoms with E-state index < -0.39 is 0 Å². The van der Waals surface area contributed by atoms with E-state index in [1.54, 1.807) is 31.2 Å². The topological polar surface area (TPSA) is 83.4 Å². The van der Waals surface area contributed by atoms with Crippen LogP contribution in [0.15, 0.2) is 28.7 Å². The van der Waals surface area contributed by atoms with Gasteiger partial charge in [-0.1, -0.05) is 0 Å². The van der Waals surface area contributed by atoms with Gasteiger partial charge in [-0.2, -0.15) is 0 Å². The van der Waals surface area contributed by atoms with E-state index in [9.17, 15) is 9.59 Å². The molecule has 1 saturated carbocycles. The van der Waals surface area contributed by atoms with Crippen LogP contribution in [0.3, 0.4) is 0 Å². The van der Waals surface area contributed by atoms with Crippen molar-refractivity contribution in [1.82, 2.24) is 5.32 Å². The van der Waals surface area contributed by atoms with Crippen molar-refractivity contribution in [2.45, 2.75) is 39.7 Å². The number of benzene rings is 1. The van der Waals surface area contributed by atoms with Crippen molar-refractivity contribution in [3.8, 4) is 0 Å². The summed E-state index contributed by atoms with van der Waals surface area (Å²) >= 11 is 0. The summed E-state index contributed by atoms with van der Waals surface area (Å²) in [4.78, 5) is 24.1. The van der Waals surface area contributed by atoms with Crippen LogP contribution in [0.5, 0.6) is 0 Å². The molecular formula is C18H21N3O3. The van der Waals surface area contributed by atoms with Crippen molar-refractivity contribution < 1.29 is 14.0 Å². The van der Waals surface area contributed by atoms with Crippen LogP contribution in [0.1, 0.15) is 40.3 Å². The fourth-order valence-corrected chi connectivity index (χ4v) is 2.54. The summed E-state index contributed by atoms with van der Waals surface area (Å²) in [6.45, 7) is 5.49. The van der Waals surface area contributed by atoms with Crippen molar-refractivity contribution >= 4 is 23.3 Å². The van der Waals surface area contributed by atoms with Gasteiger partial charge in [-0.05, 0) is 57.9 Å². The SMILES string of the molecule is Cc1oc(C)c(C(=O)Nc2ccc(NC(=O)NC3CC3)cc2)c1C. The number of hydrogen-bond acceptors (Lipinski definition) is 3. The van der Waals surface area contributed by atoms with Gasteiger partial charge < -0.3 is 20.4 Å². The predicted octanol–water partition coefficient (Wildman–Crippen LogP) is 3.74. The number of carbonyl (C=O) groups is 2. The molecule has 0 spiro atoms. The lowest BCUT2D eigenvalue weighted by molar-refractivity contribution is 0.102. The molecule has 3 amide bonds. The first kappa shape index (κ1) is 16.1. The molecular weight excluding hydrogens is 306 g/mol. The molecule has 1 aliphatic carbocycles. The maximum Gasteiger partial charge on any atom is 0.319 e. The average molecular weight is 327 g/mol. The number of aryl methyl sites for hydroxylation is 2. The molecule has 1 aromatic carbocycles. The molecule has 1 aliphatic rings. The predicted molar refractivity (Wildman–Crippen MR) is 92.5 cm³/mol. The summed E-state index contributed by atoms with van der Waals surface area (Å²) in [5.41, 5.74) is 2.75. The van der Waals surface area contributed by atoms with E-state index in [0.717, 1.165) is 24.2 Å². The molecule has 6 heteroatoms. The highest BCUT2D eigenvalue weighted by atomic mass is 16.3. The van der Waals surface area contributed by atoms with Crippen LogP contribution in [0.2, 0.25) is 0 Å². The third-order valence-electron chi connectivity index (χ3n) is 4.10. The van der Waals surface area contributed by atoms with Crippen LogP contribution in [0, 0.1) is 20.8 Å². The first-order valence-corrected chi connectivity index (χ1v) is 7.99. The molecule has 3 N–H and O–H groups in total. The minimum absolute atomic E-state index is 0.200. The Morgan fingerprint density at radius 1 is 0.958 bits per heavy atom. The Hall–Kier alpha value is -2.76. The van der Waals surface area contributed by atoms with Crippen LogP contribution in [-0.4, -0.2) is 18.0 Å². The quantitative estimate of drug-likeness (QED) is 0.800. The smallest absolute Gasteiger partial charge is 0.319 e. The number of anilines is 2. The molecule has 0 unspecified atom stereocenters. The molecule has 6 nitrogen and oxygen atoms in total. The lowest BCUT2D eigenvalue weighted by Crippen LogP contribution is -2.30. The van der Waals surface area contributed by atoms with E-state index in [1.807, 2.05) is 13.8 Å². The first-order chi connectivity index (χ1) is 11.4. The van der Waals surface area contributed by atoms with Crippen LogP contribution in [0.4, 0.5) is 16.2 Å². The molecule has 1 heterocycles. The average Bonchev–Trinajstić information content (AvgIpc) is 3.28. The Morgan fingerprint density at radius 3 is 2.04 bits per heavy atom. The fourth-order valence-electron chi connectivity index (χ4n) is 2.54. The van der Waals surface area contributed by atoms with Gasteiger partial charge in [0.25, 0.3) is 5.91 Å². The monoisotopic (exact) mass is 327 g/mol. The van der Waals surface area contributed by atoms with E-state index >= 15 is 0 Å². The molecule has 2 aromatic rings. The number of urea groups is 1. The van der Waals surface area contributed by atoms with Gasteiger partial charge in [0.1, 0.15) is 11.5 Å². The Balaban J connectivity index is 1.63. The van der Waals surface area contributed by atoms with Gasteiger partial charge in [-0.25, -0.2) is 4.79 Å². The number of rotatable bonds is 4. The second-order valence-corrected chi connectivity index (χ2v) is 6.12. The Bertz CT molecular complexity index is 774. The van der Waals surface area contributed by atoms with E-state index in [1.165, 1.54) is 0 Å². The molecule has 3 rings (SSSR count). The second-order valence-electron chi connectivity index (χ2n) is 6.12. The highest BCUT2D eigenvalue weighted by Gasteiger charge is 2.23. The van der Waals surface area contributed by atoms with Crippen molar-refractivity contribution in [2.75, 3.05) is 10.6 Å². The zero-order chi connectivity index (χ0) is 17.3. The van der Waals surface area contributed by atoms with Crippen molar-refractivity contribution in [3.63, 3.8) is 0 Å². The third kappa shape index (κ3) is 3.59. The Labute approximate surface area is 140 Å². The van der Waals surface area contributed by atoms with Gasteiger partial charge in [0.2, 0.25) is 0 Å². The zero-order valence-corrected chi connectivity index (χ0v) is 14.0. The lowest BCUT2D eigenvalue weighted by Gasteiger charge is -2.09. The number of furan rings is 1. The lowest BCUT2D eigenvalue weighted by atomic mass is 10.1. The van der Waals surface area contributed by atoms with Crippen LogP contribution in [0.25, 0.3) is 0 Å². The second kappa shape index (κ2) is 6.39. The normalized spacial score (nSPS) is 13.5. The zero-order valence-electron chi connectivity index (χ0n) is 14.0. The van der Waals surface area contributed by atoms with Crippen molar-refractivity contribution in [3.05, 3.63) is 46.9 Å². The summed E-state index contributed by atoms with van der Waals surface area (Å²) in [6, 6.07) is 7.12. The molecule has 1 fully saturated rings. The first-order valence-electron chi connectivity index (χ1n) is 7.99. The summed E-state index contributed by atoms with van der Waals surface area (Å²) in [7, 11) is 0. The Morgan fingerprint density at radius 2 is 1.54 bits per heavy atom. The van der Waals surface area contributed by atoms with Gasteiger partial charge >= 0.3 is 6.03 Å². The minimum Gasteiger partial charge on any atom is -0.466 e. The minimum atomic E-state index is -0.200. The van der Waals surface area contributed by atoms with Gasteiger partial charge in [-0.15, -0.1) is 0 Å². The maximum atomic E-state index is 12.4. The summed E-state index contributed by atoms with van der Waals surface area (Å²) < 4.78 is 5.49. The van der Waals surface area contributed by atoms with E-state index in [-0.39, 0.29) is 11.9 Å². The molecule has 1 aromatic heterocycles. The summed E-state index contributed by atoms with van der Waals surface area (Å²) in [6.07, 6.45) is 2.09. The van der Waals surface area contributed by atoms with Crippen molar-refractivity contribution in [1.29, 1.82) is 0 Å². The summed E-state index contributed by atoms with van der Waals surface area (Å²) in [5.74, 6) is 1.16. The fraction of sp³-hybridized carbons (Fsp3) is 0.333. The maximum absolute atomic E-state index is 12.4. The van der Waals surface area contributed by atoms with Crippen LogP contribution in [-0.2, 0) is 0 Å². The van der Waals surface area contributed by atoms with E-state index in [0.29, 0.717) is 28.7 Å². The highest BCUT2D eigenvalue weighted by molar-refractivity contribution is 6.06. The molecule has 0 aliphatic heterocycles. The number of amides is 3. The molecule has 0 atom stereocenters. The van der Waals surface area contributed by atoms with Gasteiger partial charge in [0, 0.05) is 23.0 Å². The third-order valence-corrected chi connectivity index (χ3v) is 4.10. The summed E-state index contributed by atoms with van der Waals surface area (Å²) in [5, 5.41) is 8.47. The molecule has 0 radical (unpaired) electrons. The number of nitrogens with one attached hydrogen (secondary N) is 3. The largest absolute Gasteiger partial charge is 0.466 e. The van der Waals surface area contributed by atoms with Gasteiger partial charge in [0.15, 0.2) is 0 Å². The molecule has 126 valence electrons. The van der Waals surface area contributed by atoms with Crippen LogP contribution < -0.4 is 16.0 Å². The molecule has 0 bridgehead atoms. The van der Waals surface area contributed by atoms with Crippen LogP contribution >= 0.6 is 0 Å². The molecule has 0 saturated heterocycles. The Kier molecular flexibility index (Phi) is 4.29. The number of carbonyl (C=O) groups excluding carboxylic acids is 2. The standard InChI is InChI=1S/C18H21N3O3/c1-10-11(2)24-12(3)16(10)17(22)19-13-4-6-14(7-5-13)20-18(23)21-15-8-9-15/h4-7,15H,8-9H2,1-3H3,(H,19,22)(H2,20,21,23). The van der Waals surface area contributed by atoms with E-state index in [2.05, 4.69) is 16.0 Å². The highest BCUT2D eigenvalue weighted by Crippen LogP contribution is 2.23. The van der Waals surface area contributed by atoms with Gasteiger partial charge in [0.05, 0.1) is 5.56 Å². The number of hydrogen-bond donors (Lipinski definition) is 3. The van der Waals surface area contributed by atoms with Gasteiger partial charge in [-0.3, -0.25) is 4.79 Å².